The third-order valence-corrected chi connectivity index (χ3v) is 8.07. The second-order valence-electron chi connectivity index (χ2n) is 11.1. The van der Waals surface area contributed by atoms with Crippen molar-refractivity contribution in [3.05, 3.63) is 113 Å². The molecule has 0 aliphatic heterocycles. The maximum atomic E-state index is 15.3. The first-order valence-corrected chi connectivity index (χ1v) is 13.7. The molecule has 0 spiro atoms. The predicted molar refractivity (Wildman–Crippen MR) is 162 cm³/mol. The molecule has 0 atom stereocenters. The van der Waals surface area contributed by atoms with Gasteiger partial charge in [0.25, 0.3) is 0 Å². The van der Waals surface area contributed by atoms with Crippen LogP contribution in [0.5, 0.6) is 0 Å². The molecule has 1 aliphatic rings. The Morgan fingerprint density at radius 1 is 1.00 bits per heavy atom. The molecule has 0 fully saturated rings. The molecule has 0 saturated carbocycles. The third-order valence-electron chi connectivity index (χ3n) is 8.07. The van der Waals surface area contributed by atoms with E-state index in [0.29, 0.717) is 39.8 Å². The van der Waals surface area contributed by atoms with Crippen molar-refractivity contribution in [2.75, 3.05) is 0 Å². The first-order valence-electron chi connectivity index (χ1n) is 13.7. The summed E-state index contributed by atoms with van der Waals surface area (Å²) in [4.78, 5) is 15.2. The number of fused-ring (bicyclic) bond motifs is 6. The zero-order valence-electron chi connectivity index (χ0n) is 24.4. The normalized spacial score (nSPS) is 13.4. The quantitative estimate of drug-likeness (QED) is 0.0868. The summed E-state index contributed by atoms with van der Waals surface area (Å²) in [5, 5.41) is 12.0. The summed E-state index contributed by atoms with van der Waals surface area (Å²) in [5.41, 5.74) is 5.50. The molecule has 6 rings (SSSR count). The van der Waals surface area contributed by atoms with Crippen molar-refractivity contribution in [1.82, 2.24) is 4.98 Å². The summed E-state index contributed by atoms with van der Waals surface area (Å²) >= 11 is 0. The van der Waals surface area contributed by atoms with Gasteiger partial charge in [0.15, 0.2) is 5.78 Å². The molecule has 1 N–H and O–H groups in total. The van der Waals surface area contributed by atoms with E-state index in [4.69, 9.17) is 5.11 Å². The molecule has 217 valence electrons. The van der Waals surface area contributed by atoms with E-state index in [-0.39, 0.29) is 43.3 Å². The molecule has 1 aliphatic carbocycles. The number of rotatable bonds is 3. The summed E-state index contributed by atoms with van der Waals surface area (Å²) in [7, 11) is 0. The van der Waals surface area contributed by atoms with Crippen LogP contribution in [0, 0.1) is 24.6 Å². The number of aryl methyl sites for hydroxylation is 1. The molecule has 0 saturated heterocycles. The van der Waals surface area contributed by atoms with E-state index in [0.717, 1.165) is 32.8 Å². The van der Waals surface area contributed by atoms with Gasteiger partial charge in [0.1, 0.15) is 11.6 Å². The van der Waals surface area contributed by atoms with Crippen molar-refractivity contribution in [3.8, 4) is 22.4 Å². The van der Waals surface area contributed by atoms with Crippen molar-refractivity contribution < 1.29 is 38.8 Å². The number of carbonyl (C=O) groups excluding carboxylic acids is 1. The van der Waals surface area contributed by atoms with Gasteiger partial charge in [0.05, 0.1) is 5.76 Å². The Kier molecular flexibility index (Phi) is 8.82. The van der Waals surface area contributed by atoms with Crippen LogP contribution in [0.1, 0.15) is 57.7 Å². The fraction of sp³-hybridized carbons (Fsp3) is 0.222. The van der Waals surface area contributed by atoms with Crippen LogP contribution >= 0.6 is 0 Å². The molecular formula is C36H32F2IrNO2-. The third kappa shape index (κ3) is 5.19. The van der Waals surface area contributed by atoms with Gasteiger partial charge in [-0.3, -0.25) is 4.79 Å². The molecule has 6 heteroatoms. The second kappa shape index (κ2) is 11.9. The van der Waals surface area contributed by atoms with Crippen LogP contribution in [0.4, 0.5) is 8.78 Å². The monoisotopic (exact) mass is 741 g/mol. The van der Waals surface area contributed by atoms with E-state index in [1.54, 1.807) is 19.2 Å². The van der Waals surface area contributed by atoms with Gasteiger partial charge in [-0.05, 0) is 72.3 Å². The smallest absolute Gasteiger partial charge is 0.159 e. The topological polar surface area (TPSA) is 50.2 Å². The van der Waals surface area contributed by atoms with Crippen LogP contribution in [0.3, 0.4) is 0 Å². The fourth-order valence-electron chi connectivity index (χ4n) is 5.99. The largest absolute Gasteiger partial charge is 0.512 e. The number of Topliss-reactive ketones (excluding diaryl/α,β-unsaturated/α-hetero) is 1. The molecule has 0 amide bonds. The van der Waals surface area contributed by atoms with Gasteiger partial charge in [0, 0.05) is 42.7 Å². The first kappa shape index (κ1) is 31.2. The minimum absolute atomic E-state index is 0. The number of ketones is 1. The zero-order chi connectivity index (χ0) is 29.6. The molecule has 3 nitrogen and oxygen atoms in total. The van der Waals surface area contributed by atoms with Crippen molar-refractivity contribution >= 4 is 27.3 Å². The Morgan fingerprint density at radius 2 is 1.71 bits per heavy atom. The number of hydrogen-bond acceptors (Lipinski definition) is 3. The number of benzene rings is 4. The Morgan fingerprint density at radius 3 is 2.36 bits per heavy atom. The minimum atomic E-state index is -0.513. The minimum Gasteiger partial charge on any atom is -0.512 e. The number of allylic oxidation sites excluding steroid dienone is 2. The number of carbonyl (C=O) groups is 1. The van der Waals surface area contributed by atoms with Crippen molar-refractivity contribution in [3.63, 3.8) is 0 Å². The SMILES string of the molecule is CC/C(C(C)=O)=C(\C)O.Cc1ccc2c(c1F)C(C)(C)c1cc(-c3nccc4c3c(F)cc3ccccc34)[c-]cc1-2.[Ir]. The van der Waals surface area contributed by atoms with Gasteiger partial charge in [0.2, 0.25) is 0 Å². The van der Waals surface area contributed by atoms with Crippen molar-refractivity contribution in [2.24, 2.45) is 0 Å². The number of nitrogens with zero attached hydrogens (tertiary/aromatic N) is 1. The Bertz CT molecular complexity index is 1890. The molecule has 5 aromatic rings. The fourth-order valence-corrected chi connectivity index (χ4v) is 5.99. The predicted octanol–water partition coefficient (Wildman–Crippen LogP) is 9.56. The van der Waals surface area contributed by atoms with Crippen LogP contribution in [0.2, 0.25) is 0 Å². The number of aliphatic hydroxyl groups excluding tert-OH is 1. The number of aromatic nitrogens is 1. The van der Waals surface area contributed by atoms with Crippen LogP contribution < -0.4 is 0 Å². The van der Waals surface area contributed by atoms with E-state index < -0.39 is 5.41 Å². The van der Waals surface area contributed by atoms with Gasteiger partial charge >= 0.3 is 0 Å². The maximum absolute atomic E-state index is 15.3. The van der Waals surface area contributed by atoms with Gasteiger partial charge in [-0.2, -0.15) is 0 Å². The summed E-state index contributed by atoms with van der Waals surface area (Å²) < 4.78 is 30.4. The van der Waals surface area contributed by atoms with Crippen molar-refractivity contribution in [2.45, 2.75) is 53.4 Å². The molecule has 42 heavy (non-hydrogen) atoms. The van der Waals surface area contributed by atoms with E-state index in [2.05, 4.69) is 11.1 Å². The summed E-state index contributed by atoms with van der Waals surface area (Å²) in [5.74, 6) is -0.367. The molecule has 4 aromatic carbocycles. The van der Waals surface area contributed by atoms with Crippen LogP contribution in [0.25, 0.3) is 43.9 Å². The standard InChI is InChI=1S/C29H20F2N.C7H12O2.Ir/c1-16-8-10-22-20-11-9-18(14-23(20)29(2,3)26(22)27(16)31)28-25-21(12-13-32-28)19-7-5-4-6-17(19)15-24(25)30;1-4-7(5(2)8)6(3)9;/h4-8,10-15H,1-3H3;8H,4H2,1-3H3;/q-1;;/b;7-5-;. The number of hydrogen-bond donors (Lipinski definition) is 1. The van der Waals surface area contributed by atoms with E-state index in [9.17, 15) is 4.79 Å². The molecule has 1 aromatic heterocycles. The molecule has 1 heterocycles. The van der Waals surface area contributed by atoms with Crippen molar-refractivity contribution in [1.29, 1.82) is 0 Å². The maximum Gasteiger partial charge on any atom is 0.159 e. The van der Waals surface area contributed by atoms with Crippen LogP contribution in [0.15, 0.2) is 78.2 Å². The molecule has 0 unspecified atom stereocenters. The van der Waals surface area contributed by atoms with E-state index >= 15 is 8.78 Å². The first-order chi connectivity index (χ1) is 19.5. The Hall–Kier alpha value is -3.73. The second-order valence-corrected chi connectivity index (χ2v) is 11.1. The number of pyridine rings is 1. The van der Waals surface area contributed by atoms with Gasteiger partial charge in [-0.15, -0.1) is 29.3 Å². The van der Waals surface area contributed by atoms with E-state index in [1.165, 1.54) is 13.8 Å². The van der Waals surface area contributed by atoms with Gasteiger partial charge in [-0.25, -0.2) is 8.78 Å². The summed E-state index contributed by atoms with van der Waals surface area (Å²) in [6, 6.07) is 22.2. The Labute approximate surface area is 258 Å². The average Bonchev–Trinajstić information content (AvgIpc) is 3.17. The summed E-state index contributed by atoms with van der Waals surface area (Å²) in [6.07, 6.45) is 2.32. The van der Waals surface area contributed by atoms with Crippen LogP contribution in [-0.4, -0.2) is 15.9 Å². The Balaban J connectivity index is 0.000000355. The van der Waals surface area contributed by atoms with Crippen LogP contribution in [-0.2, 0) is 30.3 Å². The van der Waals surface area contributed by atoms with E-state index in [1.807, 2.05) is 75.4 Å². The average molecular weight is 741 g/mol. The summed E-state index contributed by atoms with van der Waals surface area (Å²) in [6.45, 7) is 10.7. The molecule has 0 bridgehead atoms. The molecular weight excluding hydrogens is 709 g/mol. The number of halogens is 2. The molecule has 1 radical (unpaired) electrons. The number of aliphatic hydroxyl groups is 1. The van der Waals surface area contributed by atoms with Gasteiger partial charge in [-0.1, -0.05) is 68.3 Å². The zero-order valence-corrected chi connectivity index (χ0v) is 26.8. The van der Waals surface area contributed by atoms with Gasteiger partial charge < -0.3 is 10.1 Å².